The number of hydrogen-bond acceptors (Lipinski definition) is 4. The van der Waals surface area contributed by atoms with Gasteiger partial charge in [-0.05, 0) is 31.6 Å². The average molecular weight is 262 g/mol. The molecule has 0 spiro atoms. The SMILES string of the molecule is CCNc1cncc(NCC2CCC(CC)CC2)n1. The van der Waals surface area contributed by atoms with Gasteiger partial charge in [0.2, 0.25) is 0 Å². The van der Waals surface area contributed by atoms with E-state index in [1.807, 2.05) is 0 Å². The lowest BCUT2D eigenvalue weighted by atomic mass is 9.81. The summed E-state index contributed by atoms with van der Waals surface area (Å²) in [4.78, 5) is 8.70. The number of aromatic nitrogens is 2. The van der Waals surface area contributed by atoms with Crippen LogP contribution < -0.4 is 10.6 Å². The van der Waals surface area contributed by atoms with Crippen molar-refractivity contribution in [1.29, 1.82) is 0 Å². The summed E-state index contributed by atoms with van der Waals surface area (Å²) in [6.45, 7) is 6.28. The van der Waals surface area contributed by atoms with Crippen LogP contribution in [0.4, 0.5) is 11.6 Å². The predicted molar refractivity (Wildman–Crippen MR) is 80.4 cm³/mol. The molecule has 0 bridgehead atoms. The van der Waals surface area contributed by atoms with Crippen molar-refractivity contribution in [2.24, 2.45) is 11.8 Å². The van der Waals surface area contributed by atoms with Crippen molar-refractivity contribution in [3.05, 3.63) is 12.4 Å². The Kier molecular flexibility index (Phi) is 5.43. The van der Waals surface area contributed by atoms with Gasteiger partial charge in [0.25, 0.3) is 0 Å². The van der Waals surface area contributed by atoms with Gasteiger partial charge in [-0.3, -0.25) is 4.98 Å². The molecule has 1 fully saturated rings. The van der Waals surface area contributed by atoms with Crippen molar-refractivity contribution in [3.8, 4) is 0 Å². The van der Waals surface area contributed by atoms with Gasteiger partial charge in [-0.2, -0.15) is 0 Å². The number of nitrogens with one attached hydrogen (secondary N) is 2. The van der Waals surface area contributed by atoms with Crippen LogP contribution in [-0.4, -0.2) is 23.1 Å². The zero-order valence-corrected chi connectivity index (χ0v) is 12.2. The predicted octanol–water partition coefficient (Wildman–Crippen LogP) is 3.54. The minimum absolute atomic E-state index is 0.799. The summed E-state index contributed by atoms with van der Waals surface area (Å²) in [6, 6.07) is 0. The van der Waals surface area contributed by atoms with Crippen LogP contribution in [0.2, 0.25) is 0 Å². The molecule has 4 heteroatoms. The van der Waals surface area contributed by atoms with Gasteiger partial charge in [-0.25, -0.2) is 4.98 Å². The Balaban J connectivity index is 1.77. The highest BCUT2D eigenvalue weighted by molar-refractivity contribution is 5.41. The molecule has 4 nitrogen and oxygen atoms in total. The topological polar surface area (TPSA) is 49.8 Å². The molecule has 1 aliphatic rings. The van der Waals surface area contributed by atoms with Crippen molar-refractivity contribution in [2.45, 2.75) is 46.0 Å². The molecular formula is C15H26N4. The van der Waals surface area contributed by atoms with E-state index in [9.17, 15) is 0 Å². The van der Waals surface area contributed by atoms with E-state index in [4.69, 9.17) is 0 Å². The summed E-state index contributed by atoms with van der Waals surface area (Å²) in [5, 5.41) is 6.62. The minimum atomic E-state index is 0.799. The molecule has 1 saturated carbocycles. The highest BCUT2D eigenvalue weighted by Crippen LogP contribution is 2.30. The van der Waals surface area contributed by atoms with Gasteiger partial charge >= 0.3 is 0 Å². The molecule has 1 aromatic rings. The number of hydrogen-bond donors (Lipinski definition) is 2. The first-order chi connectivity index (χ1) is 9.31. The Morgan fingerprint density at radius 2 is 1.63 bits per heavy atom. The van der Waals surface area contributed by atoms with E-state index in [1.165, 1.54) is 32.1 Å². The lowest BCUT2D eigenvalue weighted by Gasteiger charge is -2.27. The maximum atomic E-state index is 4.49. The van der Waals surface area contributed by atoms with Crippen LogP contribution in [0.3, 0.4) is 0 Å². The standard InChI is InChI=1S/C15H26N4/c1-3-12-5-7-13(8-6-12)9-18-15-11-16-10-14(19-15)17-4-2/h10-13H,3-9H2,1-2H3,(H2,17,18,19). The Hall–Kier alpha value is -1.32. The monoisotopic (exact) mass is 262 g/mol. The van der Waals surface area contributed by atoms with Gasteiger partial charge in [0.05, 0.1) is 12.4 Å². The highest BCUT2D eigenvalue weighted by atomic mass is 15.1. The Bertz CT molecular complexity index is 372. The van der Waals surface area contributed by atoms with Crippen LogP contribution in [0, 0.1) is 11.8 Å². The molecule has 0 amide bonds. The number of anilines is 2. The smallest absolute Gasteiger partial charge is 0.146 e. The molecule has 2 N–H and O–H groups in total. The summed E-state index contributed by atoms with van der Waals surface area (Å²) < 4.78 is 0. The van der Waals surface area contributed by atoms with E-state index >= 15 is 0 Å². The van der Waals surface area contributed by atoms with Crippen LogP contribution in [0.25, 0.3) is 0 Å². The van der Waals surface area contributed by atoms with E-state index < -0.39 is 0 Å². The van der Waals surface area contributed by atoms with Gasteiger partial charge in [0.15, 0.2) is 0 Å². The number of rotatable bonds is 6. The second-order valence-electron chi connectivity index (χ2n) is 5.50. The van der Waals surface area contributed by atoms with Crippen LogP contribution in [0.15, 0.2) is 12.4 Å². The van der Waals surface area contributed by atoms with Crippen LogP contribution >= 0.6 is 0 Å². The normalized spacial score (nSPS) is 23.1. The van der Waals surface area contributed by atoms with Crippen molar-refractivity contribution < 1.29 is 0 Å². The van der Waals surface area contributed by atoms with Crippen LogP contribution in [0.5, 0.6) is 0 Å². The summed E-state index contributed by atoms with van der Waals surface area (Å²) >= 11 is 0. The first-order valence-corrected chi connectivity index (χ1v) is 7.61. The molecule has 1 heterocycles. The number of nitrogens with zero attached hydrogens (tertiary/aromatic N) is 2. The summed E-state index contributed by atoms with van der Waals surface area (Å²) in [5.74, 6) is 3.50. The lowest BCUT2D eigenvalue weighted by molar-refractivity contribution is 0.278. The van der Waals surface area contributed by atoms with E-state index in [2.05, 4.69) is 34.4 Å². The first kappa shape index (κ1) is 14.1. The molecule has 0 saturated heterocycles. The average Bonchev–Trinajstić information content (AvgIpc) is 2.46. The van der Waals surface area contributed by atoms with E-state index in [1.54, 1.807) is 12.4 Å². The Labute approximate surface area is 116 Å². The summed E-state index contributed by atoms with van der Waals surface area (Å²) in [5.41, 5.74) is 0. The van der Waals surface area contributed by atoms with Crippen LogP contribution in [0.1, 0.15) is 46.0 Å². The molecule has 19 heavy (non-hydrogen) atoms. The van der Waals surface area contributed by atoms with Crippen molar-refractivity contribution in [1.82, 2.24) is 9.97 Å². The fourth-order valence-corrected chi connectivity index (χ4v) is 2.81. The van der Waals surface area contributed by atoms with Crippen molar-refractivity contribution in [2.75, 3.05) is 23.7 Å². The molecule has 0 atom stereocenters. The second kappa shape index (κ2) is 7.31. The second-order valence-corrected chi connectivity index (χ2v) is 5.50. The molecular weight excluding hydrogens is 236 g/mol. The Morgan fingerprint density at radius 3 is 2.26 bits per heavy atom. The van der Waals surface area contributed by atoms with Gasteiger partial charge < -0.3 is 10.6 Å². The van der Waals surface area contributed by atoms with Crippen molar-refractivity contribution >= 4 is 11.6 Å². The van der Waals surface area contributed by atoms with E-state index in [-0.39, 0.29) is 0 Å². The third-order valence-corrected chi connectivity index (χ3v) is 4.11. The molecule has 2 rings (SSSR count). The third kappa shape index (κ3) is 4.37. The third-order valence-electron chi connectivity index (χ3n) is 4.11. The van der Waals surface area contributed by atoms with Crippen LogP contribution in [-0.2, 0) is 0 Å². The molecule has 1 aromatic heterocycles. The summed E-state index contributed by atoms with van der Waals surface area (Å²) in [6.07, 6.45) is 10.4. The van der Waals surface area contributed by atoms with Gasteiger partial charge in [-0.1, -0.05) is 26.2 Å². The quantitative estimate of drug-likeness (QED) is 0.823. The molecule has 106 valence electrons. The fourth-order valence-electron chi connectivity index (χ4n) is 2.81. The van der Waals surface area contributed by atoms with Gasteiger partial charge in [0.1, 0.15) is 11.6 Å². The summed E-state index contributed by atoms with van der Waals surface area (Å²) in [7, 11) is 0. The lowest BCUT2D eigenvalue weighted by Crippen LogP contribution is -2.21. The highest BCUT2D eigenvalue weighted by Gasteiger charge is 2.19. The zero-order valence-electron chi connectivity index (χ0n) is 12.2. The Morgan fingerprint density at radius 1 is 1.00 bits per heavy atom. The molecule has 0 radical (unpaired) electrons. The van der Waals surface area contributed by atoms with E-state index in [0.29, 0.717) is 0 Å². The maximum absolute atomic E-state index is 4.49. The zero-order chi connectivity index (χ0) is 13.5. The maximum Gasteiger partial charge on any atom is 0.146 e. The van der Waals surface area contributed by atoms with Crippen molar-refractivity contribution in [3.63, 3.8) is 0 Å². The minimum Gasteiger partial charge on any atom is -0.369 e. The van der Waals surface area contributed by atoms with Gasteiger partial charge in [-0.15, -0.1) is 0 Å². The molecule has 0 aromatic carbocycles. The fraction of sp³-hybridized carbons (Fsp3) is 0.733. The largest absolute Gasteiger partial charge is 0.369 e. The molecule has 0 aliphatic heterocycles. The van der Waals surface area contributed by atoms with Gasteiger partial charge in [0, 0.05) is 13.1 Å². The van der Waals surface area contributed by atoms with E-state index in [0.717, 1.165) is 36.6 Å². The molecule has 1 aliphatic carbocycles. The first-order valence-electron chi connectivity index (χ1n) is 7.61. The molecule has 0 unspecified atom stereocenters.